The zero-order chi connectivity index (χ0) is 20.1. The van der Waals surface area contributed by atoms with E-state index in [1.165, 1.54) is 30.3 Å². The van der Waals surface area contributed by atoms with E-state index in [0.29, 0.717) is 16.7 Å². The Bertz CT molecular complexity index is 889. The molecular formula is C20H15F2NO5. The Morgan fingerprint density at radius 1 is 1.00 bits per heavy atom. The first-order valence-electron chi connectivity index (χ1n) is 8.30. The summed E-state index contributed by atoms with van der Waals surface area (Å²) in [7, 11) is 0. The topological polar surface area (TPSA) is 72.9 Å². The highest BCUT2D eigenvalue weighted by molar-refractivity contribution is 6.21. The third-order valence-electron chi connectivity index (χ3n) is 3.95. The molecule has 1 aliphatic heterocycles. The minimum absolute atomic E-state index is 0.00988. The molecule has 0 N–H and O–H groups in total. The number of rotatable bonds is 7. The van der Waals surface area contributed by atoms with Gasteiger partial charge in [-0.3, -0.25) is 14.5 Å². The second-order valence-corrected chi connectivity index (χ2v) is 5.76. The van der Waals surface area contributed by atoms with E-state index in [2.05, 4.69) is 4.74 Å². The Morgan fingerprint density at radius 2 is 1.61 bits per heavy atom. The largest absolute Gasteiger partial charge is 0.461 e. The van der Waals surface area contributed by atoms with Gasteiger partial charge in [0.1, 0.15) is 12.4 Å². The molecule has 3 rings (SSSR count). The van der Waals surface area contributed by atoms with Gasteiger partial charge in [-0.05, 0) is 35.9 Å². The van der Waals surface area contributed by atoms with Crippen molar-refractivity contribution in [3.8, 4) is 5.75 Å². The van der Waals surface area contributed by atoms with Gasteiger partial charge in [0.2, 0.25) is 0 Å². The molecule has 0 fully saturated rings. The zero-order valence-corrected chi connectivity index (χ0v) is 14.5. The van der Waals surface area contributed by atoms with Gasteiger partial charge in [-0.1, -0.05) is 24.3 Å². The number of hydrogen-bond acceptors (Lipinski definition) is 5. The van der Waals surface area contributed by atoms with Crippen LogP contribution in [0.4, 0.5) is 8.78 Å². The lowest BCUT2D eigenvalue weighted by atomic mass is 10.1. The summed E-state index contributed by atoms with van der Waals surface area (Å²) in [6, 6.07) is 12.2. The van der Waals surface area contributed by atoms with Crippen molar-refractivity contribution in [3.05, 3.63) is 71.3 Å². The molecular weight excluding hydrogens is 372 g/mol. The third kappa shape index (κ3) is 4.40. The molecule has 2 aromatic carbocycles. The smallest absolute Gasteiger partial charge is 0.387 e. The summed E-state index contributed by atoms with van der Waals surface area (Å²) in [5.41, 5.74) is 1.25. The third-order valence-corrected chi connectivity index (χ3v) is 3.95. The summed E-state index contributed by atoms with van der Waals surface area (Å²) in [5.74, 6) is -1.49. The number of carbonyl (C=O) groups is 3. The second kappa shape index (κ2) is 8.43. The average molecular weight is 387 g/mol. The van der Waals surface area contributed by atoms with E-state index in [0.717, 1.165) is 11.0 Å². The van der Waals surface area contributed by atoms with Gasteiger partial charge in [-0.25, -0.2) is 4.79 Å². The maximum atomic E-state index is 12.2. The second-order valence-electron chi connectivity index (χ2n) is 5.76. The summed E-state index contributed by atoms with van der Waals surface area (Å²) in [5, 5.41) is 0. The van der Waals surface area contributed by atoms with E-state index >= 15 is 0 Å². The van der Waals surface area contributed by atoms with Gasteiger partial charge in [-0.2, -0.15) is 8.78 Å². The van der Waals surface area contributed by atoms with Crippen LogP contribution in [0.25, 0.3) is 6.08 Å². The van der Waals surface area contributed by atoms with Crippen LogP contribution in [0, 0.1) is 0 Å². The number of fused-ring (bicyclic) bond motifs is 1. The van der Waals surface area contributed by atoms with Crippen molar-refractivity contribution in [1.29, 1.82) is 0 Å². The number of hydrogen-bond donors (Lipinski definition) is 0. The Kier molecular flexibility index (Phi) is 5.78. The molecule has 0 saturated heterocycles. The molecule has 1 heterocycles. The molecule has 6 nitrogen and oxygen atoms in total. The van der Waals surface area contributed by atoms with Crippen molar-refractivity contribution >= 4 is 23.9 Å². The highest BCUT2D eigenvalue weighted by atomic mass is 19.3. The lowest BCUT2D eigenvalue weighted by Gasteiger charge is -2.13. The molecule has 0 bridgehead atoms. The zero-order valence-electron chi connectivity index (χ0n) is 14.5. The quantitative estimate of drug-likeness (QED) is 0.415. The summed E-state index contributed by atoms with van der Waals surface area (Å²) < 4.78 is 33.4. The molecule has 0 saturated carbocycles. The minimum atomic E-state index is -2.90. The maximum absolute atomic E-state index is 12.2. The van der Waals surface area contributed by atoms with E-state index in [1.807, 2.05) is 0 Å². The maximum Gasteiger partial charge on any atom is 0.387 e. The number of carbonyl (C=O) groups excluding carboxylic acids is 3. The van der Waals surface area contributed by atoms with Crippen LogP contribution in [-0.2, 0) is 9.53 Å². The molecule has 0 spiro atoms. The van der Waals surface area contributed by atoms with Crippen molar-refractivity contribution in [2.24, 2.45) is 0 Å². The predicted molar refractivity (Wildman–Crippen MR) is 94.9 cm³/mol. The fraction of sp³-hybridized carbons (Fsp3) is 0.150. The number of ether oxygens (including phenoxy) is 2. The van der Waals surface area contributed by atoms with Crippen LogP contribution in [0.2, 0.25) is 0 Å². The van der Waals surface area contributed by atoms with Crippen LogP contribution in [0.15, 0.2) is 54.6 Å². The highest BCUT2D eigenvalue weighted by Gasteiger charge is 2.34. The molecule has 0 aromatic heterocycles. The van der Waals surface area contributed by atoms with E-state index in [1.54, 1.807) is 24.3 Å². The minimum Gasteiger partial charge on any atom is -0.461 e. The van der Waals surface area contributed by atoms with Crippen molar-refractivity contribution in [1.82, 2.24) is 4.90 Å². The van der Waals surface area contributed by atoms with Crippen LogP contribution >= 0.6 is 0 Å². The SMILES string of the molecule is O=C(/C=C/c1ccc(OC(F)F)cc1)OCCN1C(=O)c2ccccc2C1=O. The molecule has 2 amide bonds. The van der Waals surface area contributed by atoms with Crippen molar-refractivity contribution in [3.63, 3.8) is 0 Å². The van der Waals surface area contributed by atoms with Gasteiger partial charge in [0.05, 0.1) is 17.7 Å². The number of benzene rings is 2. The summed E-state index contributed by atoms with van der Waals surface area (Å²) >= 11 is 0. The van der Waals surface area contributed by atoms with Gasteiger partial charge in [-0.15, -0.1) is 0 Å². The number of halogens is 2. The molecule has 0 atom stereocenters. The molecule has 144 valence electrons. The standard InChI is InChI=1S/C20H15F2NO5/c21-20(22)28-14-8-5-13(6-9-14)7-10-17(24)27-12-11-23-18(25)15-3-1-2-4-16(15)19(23)26/h1-10,20H,11-12H2/b10-7+. The van der Waals surface area contributed by atoms with E-state index in [4.69, 9.17) is 4.74 Å². The first-order valence-corrected chi connectivity index (χ1v) is 8.30. The predicted octanol–water partition coefficient (Wildman–Crippen LogP) is 3.14. The molecule has 0 aliphatic carbocycles. The van der Waals surface area contributed by atoms with Crippen molar-refractivity contribution < 1.29 is 32.6 Å². The molecule has 8 heteroatoms. The van der Waals surface area contributed by atoms with Crippen LogP contribution in [0.1, 0.15) is 26.3 Å². The molecule has 1 aliphatic rings. The lowest BCUT2D eigenvalue weighted by Crippen LogP contribution is -2.33. The van der Waals surface area contributed by atoms with Crippen LogP contribution < -0.4 is 4.74 Å². The average Bonchev–Trinajstić information content (AvgIpc) is 2.92. The lowest BCUT2D eigenvalue weighted by molar-refractivity contribution is -0.137. The molecule has 2 aromatic rings. The van der Waals surface area contributed by atoms with Gasteiger partial charge in [0.15, 0.2) is 0 Å². The number of nitrogens with zero attached hydrogens (tertiary/aromatic N) is 1. The molecule has 28 heavy (non-hydrogen) atoms. The van der Waals surface area contributed by atoms with Gasteiger partial charge in [0.25, 0.3) is 11.8 Å². The number of esters is 1. The van der Waals surface area contributed by atoms with Gasteiger partial charge in [0, 0.05) is 6.08 Å². The van der Waals surface area contributed by atoms with Crippen molar-refractivity contribution in [2.45, 2.75) is 6.61 Å². The Labute approximate surface area is 159 Å². The summed E-state index contributed by atoms with van der Waals surface area (Å²) in [4.78, 5) is 37.2. The Balaban J connectivity index is 1.48. The van der Waals surface area contributed by atoms with Gasteiger partial charge < -0.3 is 9.47 Å². The van der Waals surface area contributed by atoms with E-state index in [9.17, 15) is 23.2 Å². The molecule has 0 radical (unpaired) electrons. The van der Waals surface area contributed by atoms with Crippen LogP contribution in [0.3, 0.4) is 0 Å². The Morgan fingerprint density at radius 3 is 2.18 bits per heavy atom. The Hall–Kier alpha value is -3.55. The summed E-state index contributed by atoms with van der Waals surface area (Å²) in [6.07, 6.45) is 2.60. The number of amides is 2. The fourth-order valence-electron chi connectivity index (χ4n) is 2.65. The summed E-state index contributed by atoms with van der Waals surface area (Å²) in [6.45, 7) is -3.10. The number of imide groups is 1. The molecule has 0 unspecified atom stereocenters. The fourth-order valence-corrected chi connectivity index (χ4v) is 2.65. The van der Waals surface area contributed by atoms with E-state index in [-0.39, 0.29) is 18.9 Å². The normalized spacial score (nSPS) is 13.3. The first kappa shape index (κ1) is 19.2. The van der Waals surface area contributed by atoms with Crippen LogP contribution in [0.5, 0.6) is 5.75 Å². The monoisotopic (exact) mass is 387 g/mol. The van der Waals surface area contributed by atoms with Crippen molar-refractivity contribution in [2.75, 3.05) is 13.2 Å². The van der Waals surface area contributed by atoms with Crippen LogP contribution in [-0.4, -0.2) is 42.4 Å². The first-order chi connectivity index (χ1) is 13.5. The number of alkyl halides is 2. The van der Waals surface area contributed by atoms with Gasteiger partial charge >= 0.3 is 12.6 Å². The van der Waals surface area contributed by atoms with E-state index < -0.39 is 24.4 Å². The highest BCUT2D eigenvalue weighted by Crippen LogP contribution is 2.22.